The van der Waals surface area contributed by atoms with Crippen LogP contribution in [0, 0.1) is 11.8 Å². The molecule has 0 saturated carbocycles. The van der Waals surface area contributed by atoms with Crippen LogP contribution in [0.5, 0.6) is 5.75 Å². The van der Waals surface area contributed by atoms with Crippen molar-refractivity contribution >= 4 is 16.8 Å². The highest BCUT2D eigenvalue weighted by atomic mass is 16.5. The molecule has 0 spiro atoms. The lowest BCUT2D eigenvalue weighted by Gasteiger charge is -2.51. The molecule has 5 atom stereocenters. The number of ether oxygens (including phenoxy) is 2. The first kappa shape index (κ1) is 22.7. The van der Waals surface area contributed by atoms with E-state index < -0.39 is 0 Å². The number of likely N-dealkylation sites (N-methyl/N-ethyl adjacent to an activating group) is 1. The van der Waals surface area contributed by atoms with Gasteiger partial charge in [-0.15, -0.1) is 6.58 Å². The number of carbonyl (C=O) groups is 1. The molecule has 6 heteroatoms. The molecule has 0 N–H and O–H groups in total. The van der Waals surface area contributed by atoms with Gasteiger partial charge >= 0.3 is 0 Å². The molecular formula is C26H35N3O3. The van der Waals surface area contributed by atoms with Crippen LogP contribution in [-0.4, -0.2) is 66.6 Å². The summed E-state index contributed by atoms with van der Waals surface area (Å²) in [4.78, 5) is 21.7. The molecule has 3 saturated heterocycles. The lowest BCUT2D eigenvalue weighted by molar-refractivity contribution is -0.142. The third kappa shape index (κ3) is 4.39. The second-order valence-electron chi connectivity index (χ2n) is 8.83. The zero-order valence-corrected chi connectivity index (χ0v) is 19.5. The predicted molar refractivity (Wildman–Crippen MR) is 127 cm³/mol. The van der Waals surface area contributed by atoms with Gasteiger partial charge in [0, 0.05) is 37.3 Å². The van der Waals surface area contributed by atoms with E-state index in [-0.39, 0.29) is 24.7 Å². The van der Waals surface area contributed by atoms with Crippen molar-refractivity contribution in [1.29, 1.82) is 0 Å². The van der Waals surface area contributed by atoms with Gasteiger partial charge in [-0.05, 0) is 74.9 Å². The van der Waals surface area contributed by atoms with Gasteiger partial charge in [0.2, 0.25) is 5.91 Å². The number of hydrogen-bond acceptors (Lipinski definition) is 5. The molecule has 2 aromatic rings. The van der Waals surface area contributed by atoms with Crippen LogP contribution < -0.4 is 4.74 Å². The summed E-state index contributed by atoms with van der Waals surface area (Å²) in [6.45, 7) is 11.6. The highest BCUT2D eigenvalue weighted by molar-refractivity contribution is 5.84. The van der Waals surface area contributed by atoms with Crippen LogP contribution in [0.15, 0.2) is 43.1 Å². The minimum Gasteiger partial charge on any atom is -0.497 e. The molecule has 3 aliphatic rings. The van der Waals surface area contributed by atoms with E-state index in [1.54, 1.807) is 7.11 Å². The highest BCUT2D eigenvalue weighted by Crippen LogP contribution is 2.43. The van der Waals surface area contributed by atoms with E-state index in [9.17, 15) is 4.79 Å². The standard InChI is InChI=1S/C26H35N3O3/c1-5-18-16-29-13-11-19(18)14-24(29)26(32-17-25(30)28(6-2)7-3)21-10-12-27-23-9-8-20(31-4)15-22(21)23/h5,8-10,12,15,18-19,24,26H,1,6-7,11,13-14,16-17H2,2-4H3/t18-,19?,24-,26+/m0/s1. The van der Waals surface area contributed by atoms with Crippen molar-refractivity contribution in [2.45, 2.75) is 38.8 Å². The van der Waals surface area contributed by atoms with Gasteiger partial charge in [-0.3, -0.25) is 14.7 Å². The molecule has 6 nitrogen and oxygen atoms in total. The van der Waals surface area contributed by atoms with Crippen LogP contribution >= 0.6 is 0 Å². The Morgan fingerprint density at radius 1 is 1.34 bits per heavy atom. The van der Waals surface area contributed by atoms with Crippen LogP contribution in [-0.2, 0) is 9.53 Å². The van der Waals surface area contributed by atoms with Crippen LogP contribution in [0.3, 0.4) is 0 Å². The van der Waals surface area contributed by atoms with E-state index in [0.29, 0.717) is 24.9 Å². The second-order valence-corrected chi connectivity index (χ2v) is 8.83. The largest absolute Gasteiger partial charge is 0.497 e. The number of amides is 1. The van der Waals surface area contributed by atoms with Gasteiger partial charge in [0.05, 0.1) is 18.7 Å². The maximum absolute atomic E-state index is 12.8. The third-order valence-corrected chi connectivity index (χ3v) is 7.29. The molecule has 1 aromatic heterocycles. The van der Waals surface area contributed by atoms with Gasteiger partial charge in [0.15, 0.2) is 0 Å². The minimum atomic E-state index is -0.208. The smallest absolute Gasteiger partial charge is 0.248 e. The first-order chi connectivity index (χ1) is 15.6. The first-order valence-corrected chi connectivity index (χ1v) is 11.8. The third-order valence-electron chi connectivity index (χ3n) is 7.29. The molecule has 32 heavy (non-hydrogen) atoms. The minimum absolute atomic E-state index is 0.0379. The Bertz CT molecular complexity index is 958. The summed E-state index contributed by atoms with van der Waals surface area (Å²) < 4.78 is 12.0. The monoisotopic (exact) mass is 437 g/mol. The normalized spacial score (nSPS) is 25.5. The van der Waals surface area contributed by atoms with Crippen LogP contribution in [0.2, 0.25) is 0 Å². The molecule has 2 unspecified atom stereocenters. The van der Waals surface area contributed by atoms with E-state index in [1.165, 1.54) is 6.42 Å². The quantitative estimate of drug-likeness (QED) is 0.554. The summed E-state index contributed by atoms with van der Waals surface area (Å²) in [5, 5.41) is 1.02. The van der Waals surface area contributed by atoms with Crippen molar-refractivity contribution < 1.29 is 14.3 Å². The van der Waals surface area contributed by atoms with E-state index in [0.717, 1.165) is 41.7 Å². The first-order valence-electron chi connectivity index (χ1n) is 11.8. The number of nitrogens with zero attached hydrogens (tertiary/aromatic N) is 3. The zero-order chi connectivity index (χ0) is 22.7. The van der Waals surface area contributed by atoms with Gasteiger partial charge in [-0.1, -0.05) is 6.08 Å². The number of piperidine rings is 3. The van der Waals surface area contributed by atoms with Gasteiger partial charge in [-0.25, -0.2) is 0 Å². The van der Waals surface area contributed by atoms with Crippen LogP contribution in [0.25, 0.3) is 10.9 Å². The Hall–Kier alpha value is -2.44. The second kappa shape index (κ2) is 10.0. The number of methoxy groups -OCH3 is 1. The molecule has 2 bridgehead atoms. The van der Waals surface area contributed by atoms with Crippen LogP contribution in [0.1, 0.15) is 38.4 Å². The molecule has 3 aliphatic heterocycles. The number of rotatable bonds is 9. The van der Waals surface area contributed by atoms with E-state index >= 15 is 0 Å². The average Bonchev–Trinajstić information content (AvgIpc) is 2.85. The van der Waals surface area contributed by atoms with E-state index in [1.807, 2.05) is 49.2 Å². The van der Waals surface area contributed by atoms with Crippen LogP contribution in [0.4, 0.5) is 0 Å². The molecule has 0 aliphatic carbocycles. The van der Waals surface area contributed by atoms with Crippen molar-refractivity contribution in [2.24, 2.45) is 11.8 Å². The molecule has 0 radical (unpaired) electrons. The van der Waals surface area contributed by atoms with Crippen molar-refractivity contribution in [2.75, 3.05) is 39.9 Å². The van der Waals surface area contributed by atoms with E-state index in [4.69, 9.17) is 9.47 Å². The summed E-state index contributed by atoms with van der Waals surface area (Å²) >= 11 is 0. The maximum atomic E-state index is 12.8. The molecule has 3 fully saturated rings. The number of carbonyl (C=O) groups excluding carboxylic acids is 1. The summed E-state index contributed by atoms with van der Waals surface area (Å²) in [7, 11) is 1.68. The number of aromatic nitrogens is 1. The SMILES string of the molecule is C=C[C@H]1CN2CCC1C[C@H]2[C@H](OCC(=O)N(CC)CC)c1ccnc2ccc(OC)cc12. The Balaban J connectivity index is 1.69. The zero-order valence-electron chi connectivity index (χ0n) is 19.5. The van der Waals surface area contributed by atoms with E-state index in [2.05, 4.69) is 22.5 Å². The Morgan fingerprint density at radius 2 is 2.16 bits per heavy atom. The molecule has 4 heterocycles. The van der Waals surface area contributed by atoms with Gasteiger partial charge in [-0.2, -0.15) is 0 Å². The van der Waals surface area contributed by atoms with Crippen molar-refractivity contribution in [3.63, 3.8) is 0 Å². The Labute approximate surface area is 191 Å². The topological polar surface area (TPSA) is 54.9 Å². The number of fused-ring (bicyclic) bond motifs is 4. The number of pyridine rings is 1. The van der Waals surface area contributed by atoms with Crippen molar-refractivity contribution in [3.05, 3.63) is 48.7 Å². The maximum Gasteiger partial charge on any atom is 0.248 e. The summed E-state index contributed by atoms with van der Waals surface area (Å²) in [5.74, 6) is 1.99. The fourth-order valence-corrected chi connectivity index (χ4v) is 5.45. The molecular weight excluding hydrogens is 402 g/mol. The fraction of sp³-hybridized carbons (Fsp3) is 0.538. The average molecular weight is 438 g/mol. The summed E-state index contributed by atoms with van der Waals surface area (Å²) in [6.07, 6.45) is 5.99. The molecule has 1 aromatic carbocycles. The van der Waals surface area contributed by atoms with Gasteiger partial charge in [0.1, 0.15) is 12.4 Å². The molecule has 172 valence electrons. The highest BCUT2D eigenvalue weighted by Gasteiger charge is 2.43. The molecule has 1 amide bonds. The summed E-state index contributed by atoms with van der Waals surface area (Å²) in [5.41, 5.74) is 1.99. The van der Waals surface area contributed by atoms with Crippen molar-refractivity contribution in [3.8, 4) is 5.75 Å². The molecule has 5 rings (SSSR count). The number of hydrogen-bond donors (Lipinski definition) is 0. The van der Waals surface area contributed by atoms with Gasteiger partial charge < -0.3 is 14.4 Å². The lowest BCUT2D eigenvalue weighted by Crippen LogP contribution is -2.55. The Kier molecular flexibility index (Phi) is 7.11. The number of benzene rings is 1. The fourth-order valence-electron chi connectivity index (χ4n) is 5.45. The Morgan fingerprint density at radius 3 is 2.81 bits per heavy atom. The van der Waals surface area contributed by atoms with Crippen molar-refractivity contribution in [1.82, 2.24) is 14.8 Å². The summed E-state index contributed by atoms with van der Waals surface area (Å²) in [6, 6.07) is 8.22. The predicted octanol–water partition coefficient (Wildman–Crippen LogP) is 4.07. The van der Waals surface area contributed by atoms with Gasteiger partial charge in [0.25, 0.3) is 0 Å². The lowest BCUT2D eigenvalue weighted by atomic mass is 9.73.